The van der Waals surface area contributed by atoms with Crippen molar-refractivity contribution in [1.29, 1.82) is 0 Å². The van der Waals surface area contributed by atoms with Crippen molar-refractivity contribution in [2.75, 3.05) is 12.4 Å². The number of carbonyl (C=O) groups is 3. The molecule has 0 spiro atoms. The van der Waals surface area contributed by atoms with Gasteiger partial charge in [-0.25, -0.2) is 9.59 Å². The van der Waals surface area contributed by atoms with E-state index in [0.29, 0.717) is 39.6 Å². The van der Waals surface area contributed by atoms with E-state index in [9.17, 15) is 19.5 Å². The summed E-state index contributed by atoms with van der Waals surface area (Å²) >= 11 is 6.21. The third-order valence-electron chi connectivity index (χ3n) is 6.60. The van der Waals surface area contributed by atoms with Gasteiger partial charge in [0, 0.05) is 27.9 Å². The number of hydrogen-bond acceptors (Lipinski definition) is 9. The number of nitrogens with zero attached hydrogens (tertiary/aromatic N) is 6. The number of halogens is 1. The van der Waals surface area contributed by atoms with Crippen molar-refractivity contribution in [1.82, 2.24) is 35.7 Å². The molecule has 0 fully saturated rings. The number of nitrogens with one attached hydrogen (secondary N) is 2. The van der Waals surface area contributed by atoms with Crippen LogP contribution in [0.2, 0.25) is 5.02 Å². The molecule has 14 heteroatoms. The molecule has 2 amide bonds. The van der Waals surface area contributed by atoms with Crippen LogP contribution in [0, 0.1) is 0 Å². The van der Waals surface area contributed by atoms with Gasteiger partial charge in [-0.15, -0.1) is 10.2 Å². The zero-order chi connectivity index (χ0) is 31.8. The molecule has 0 radical (unpaired) electrons. The van der Waals surface area contributed by atoms with E-state index in [1.54, 1.807) is 54.6 Å². The molecule has 1 atom stereocenters. The molecule has 2 heterocycles. The molecular weight excluding hydrogens is 600 g/mol. The van der Waals surface area contributed by atoms with E-state index in [-0.39, 0.29) is 11.3 Å². The van der Waals surface area contributed by atoms with Crippen molar-refractivity contribution < 1.29 is 24.2 Å². The lowest BCUT2D eigenvalue weighted by molar-refractivity contribution is -0.117. The summed E-state index contributed by atoms with van der Waals surface area (Å²) in [6.45, 7) is 0. The molecule has 0 aliphatic heterocycles. The summed E-state index contributed by atoms with van der Waals surface area (Å²) in [5.74, 6) is -1.71. The SMILES string of the molecule is COC(=O)Nc1ccc(-c2cc([C@H](Cc3ccccc3)NC(=O)C=Cc3cc(Cl)ccc3-n3cnnn3)nnc2C(=O)O)cc1. The molecule has 0 aliphatic carbocycles. The third-order valence-corrected chi connectivity index (χ3v) is 6.83. The Morgan fingerprint density at radius 2 is 1.80 bits per heavy atom. The number of rotatable bonds is 10. The van der Waals surface area contributed by atoms with Gasteiger partial charge in [-0.05, 0) is 70.4 Å². The summed E-state index contributed by atoms with van der Waals surface area (Å²) in [5.41, 5.74) is 3.44. The first kappa shape index (κ1) is 30.5. The zero-order valence-electron chi connectivity index (χ0n) is 23.7. The highest BCUT2D eigenvalue weighted by Gasteiger charge is 2.22. The molecule has 5 aromatic rings. The molecule has 13 nitrogen and oxygen atoms in total. The smallest absolute Gasteiger partial charge is 0.411 e. The van der Waals surface area contributed by atoms with Gasteiger partial charge in [0.1, 0.15) is 6.33 Å². The van der Waals surface area contributed by atoms with Crippen LogP contribution in [0.1, 0.15) is 33.4 Å². The highest BCUT2D eigenvalue weighted by atomic mass is 35.5. The highest BCUT2D eigenvalue weighted by molar-refractivity contribution is 6.30. The van der Waals surface area contributed by atoms with Crippen LogP contribution in [0.15, 0.2) is 91.3 Å². The molecular formula is C31H25ClN8O5. The van der Waals surface area contributed by atoms with Gasteiger partial charge in [-0.1, -0.05) is 54.1 Å². The van der Waals surface area contributed by atoms with Crippen LogP contribution in [-0.4, -0.2) is 60.6 Å². The molecule has 2 aromatic heterocycles. The molecule has 0 unspecified atom stereocenters. The van der Waals surface area contributed by atoms with Crippen LogP contribution in [0.3, 0.4) is 0 Å². The number of carboxylic acids is 1. The molecule has 0 saturated heterocycles. The van der Waals surface area contributed by atoms with Crippen molar-refractivity contribution in [2.24, 2.45) is 0 Å². The second kappa shape index (κ2) is 14.0. The fraction of sp³-hybridized carbons (Fsp3) is 0.0968. The van der Waals surface area contributed by atoms with Crippen LogP contribution >= 0.6 is 11.6 Å². The number of benzene rings is 3. The van der Waals surface area contributed by atoms with Crippen LogP contribution in [0.25, 0.3) is 22.9 Å². The van der Waals surface area contributed by atoms with Gasteiger partial charge in [-0.3, -0.25) is 10.1 Å². The first-order valence-corrected chi connectivity index (χ1v) is 13.8. The average molecular weight is 625 g/mol. The number of methoxy groups -OCH3 is 1. The first-order chi connectivity index (χ1) is 21.8. The lowest BCUT2D eigenvalue weighted by Gasteiger charge is -2.19. The minimum atomic E-state index is -1.27. The minimum absolute atomic E-state index is 0.270. The zero-order valence-corrected chi connectivity index (χ0v) is 24.4. The van der Waals surface area contributed by atoms with Crippen LogP contribution in [-0.2, 0) is 16.0 Å². The lowest BCUT2D eigenvalue weighted by Crippen LogP contribution is -2.29. The third kappa shape index (κ3) is 7.72. The summed E-state index contributed by atoms with van der Waals surface area (Å²) in [5, 5.41) is 35.3. The largest absolute Gasteiger partial charge is 0.476 e. The van der Waals surface area contributed by atoms with Crippen molar-refractivity contribution in [3.63, 3.8) is 0 Å². The Kier molecular flexibility index (Phi) is 9.50. The number of ether oxygens (including phenoxy) is 1. The van der Waals surface area contributed by atoms with E-state index >= 15 is 0 Å². The number of aromatic carboxylic acids is 1. The molecule has 3 aromatic carbocycles. The maximum absolute atomic E-state index is 13.3. The minimum Gasteiger partial charge on any atom is -0.476 e. The second-order valence-corrected chi connectivity index (χ2v) is 10.0. The van der Waals surface area contributed by atoms with E-state index < -0.39 is 24.0 Å². The van der Waals surface area contributed by atoms with Crippen molar-refractivity contribution in [3.05, 3.63) is 119 Å². The topological polar surface area (TPSA) is 174 Å². The van der Waals surface area contributed by atoms with Gasteiger partial charge in [0.05, 0.1) is 24.5 Å². The van der Waals surface area contributed by atoms with Crippen LogP contribution in [0.4, 0.5) is 10.5 Å². The van der Waals surface area contributed by atoms with E-state index in [2.05, 4.69) is 41.1 Å². The predicted molar refractivity (Wildman–Crippen MR) is 165 cm³/mol. The van der Waals surface area contributed by atoms with Gasteiger partial charge in [0.2, 0.25) is 5.91 Å². The Bertz CT molecular complexity index is 1850. The number of aromatic nitrogens is 6. The van der Waals surface area contributed by atoms with Gasteiger partial charge in [0.15, 0.2) is 5.69 Å². The first-order valence-electron chi connectivity index (χ1n) is 13.4. The van der Waals surface area contributed by atoms with E-state index in [0.717, 1.165) is 5.56 Å². The Labute approximate surface area is 261 Å². The standard InChI is InChI=1S/C31H25ClN8O5/c1-45-31(44)34-23-11-7-20(8-12-23)24-17-26(36-37-29(24)30(42)43)25(15-19-5-3-2-4-6-19)35-28(41)14-9-21-16-22(32)10-13-27(21)40-18-33-38-39-40/h2-14,16-18,25H,15H2,1H3,(H,34,44)(H,35,41)(H,42,43)/t25-/m0/s1. The summed E-state index contributed by atoms with van der Waals surface area (Å²) < 4.78 is 6.06. The Balaban J connectivity index is 1.46. The number of tetrazole rings is 1. The second-order valence-electron chi connectivity index (χ2n) is 9.57. The van der Waals surface area contributed by atoms with Crippen molar-refractivity contribution in [3.8, 4) is 16.8 Å². The Morgan fingerprint density at radius 1 is 1.02 bits per heavy atom. The maximum Gasteiger partial charge on any atom is 0.411 e. The molecule has 3 N–H and O–H groups in total. The van der Waals surface area contributed by atoms with Crippen LogP contribution < -0.4 is 10.6 Å². The Morgan fingerprint density at radius 3 is 2.49 bits per heavy atom. The van der Waals surface area contributed by atoms with E-state index in [4.69, 9.17) is 11.6 Å². The molecule has 5 rings (SSSR count). The number of carboxylic acid groups (broad SMARTS) is 1. The molecule has 0 bridgehead atoms. The van der Waals surface area contributed by atoms with Gasteiger partial charge < -0.3 is 15.2 Å². The maximum atomic E-state index is 13.3. The molecule has 226 valence electrons. The molecule has 45 heavy (non-hydrogen) atoms. The number of carbonyl (C=O) groups excluding carboxylic acids is 2. The summed E-state index contributed by atoms with van der Waals surface area (Å²) in [7, 11) is 1.25. The quantitative estimate of drug-likeness (QED) is 0.184. The highest BCUT2D eigenvalue weighted by Crippen LogP contribution is 2.28. The van der Waals surface area contributed by atoms with Gasteiger partial charge in [0.25, 0.3) is 0 Å². The summed E-state index contributed by atoms with van der Waals surface area (Å²) in [6, 6.07) is 21.9. The lowest BCUT2D eigenvalue weighted by atomic mass is 9.98. The van der Waals surface area contributed by atoms with E-state index in [1.165, 1.54) is 24.2 Å². The normalized spacial score (nSPS) is 11.6. The van der Waals surface area contributed by atoms with E-state index in [1.807, 2.05) is 30.3 Å². The Hall–Kier alpha value is -5.95. The summed E-state index contributed by atoms with van der Waals surface area (Å²) in [4.78, 5) is 36.9. The number of anilines is 1. The fourth-order valence-corrected chi connectivity index (χ4v) is 4.64. The summed E-state index contributed by atoms with van der Waals surface area (Å²) in [6.07, 6.45) is 4.07. The van der Waals surface area contributed by atoms with Crippen molar-refractivity contribution in [2.45, 2.75) is 12.5 Å². The number of amides is 2. The molecule has 0 saturated carbocycles. The van der Waals surface area contributed by atoms with Gasteiger partial charge >= 0.3 is 12.1 Å². The molecule has 0 aliphatic rings. The average Bonchev–Trinajstić information content (AvgIpc) is 3.59. The predicted octanol–water partition coefficient (Wildman–Crippen LogP) is 4.76. The van der Waals surface area contributed by atoms with Gasteiger partial charge in [-0.2, -0.15) is 9.78 Å². The number of hydrogen-bond donors (Lipinski definition) is 3. The fourth-order valence-electron chi connectivity index (χ4n) is 4.46. The van der Waals surface area contributed by atoms with Crippen LogP contribution in [0.5, 0.6) is 0 Å². The monoisotopic (exact) mass is 624 g/mol. The van der Waals surface area contributed by atoms with Crippen molar-refractivity contribution >= 4 is 41.3 Å².